The van der Waals surface area contributed by atoms with Crippen LogP contribution >= 0.6 is 11.3 Å². The van der Waals surface area contributed by atoms with E-state index in [4.69, 9.17) is 5.10 Å². The van der Waals surface area contributed by atoms with E-state index in [-0.39, 0.29) is 17.0 Å². The molecule has 0 bridgehead atoms. The van der Waals surface area contributed by atoms with Gasteiger partial charge in [0.05, 0.1) is 23.5 Å². The summed E-state index contributed by atoms with van der Waals surface area (Å²) in [5.41, 5.74) is 5.85. The van der Waals surface area contributed by atoms with Crippen molar-refractivity contribution in [3.63, 3.8) is 0 Å². The molecular formula is C30H34N4O2S. The maximum atomic E-state index is 13.1. The Hall–Kier alpha value is -3.45. The average Bonchev–Trinajstić information content (AvgIpc) is 3.45. The van der Waals surface area contributed by atoms with Crippen LogP contribution in [0.25, 0.3) is 5.69 Å². The predicted octanol–water partition coefficient (Wildman–Crippen LogP) is 5.60. The summed E-state index contributed by atoms with van der Waals surface area (Å²) in [5, 5.41) is 5.69. The highest BCUT2D eigenvalue weighted by molar-refractivity contribution is 7.11. The monoisotopic (exact) mass is 514 g/mol. The number of rotatable bonds is 10. The number of carbonyl (C=O) groups is 2. The predicted molar refractivity (Wildman–Crippen MR) is 148 cm³/mol. The molecule has 0 amide bonds. The van der Waals surface area contributed by atoms with E-state index in [1.165, 1.54) is 5.56 Å². The van der Waals surface area contributed by atoms with Crippen molar-refractivity contribution in [3.8, 4) is 5.69 Å². The van der Waals surface area contributed by atoms with Crippen molar-refractivity contribution in [1.82, 2.24) is 19.7 Å². The highest BCUT2D eigenvalue weighted by atomic mass is 32.1. The van der Waals surface area contributed by atoms with Gasteiger partial charge in [-0.15, -0.1) is 11.3 Å². The quantitative estimate of drug-likeness (QED) is 0.275. The molecule has 0 radical (unpaired) electrons. The minimum Gasteiger partial charge on any atom is -0.300 e. The second-order valence-corrected chi connectivity index (χ2v) is 11.9. The molecule has 0 aliphatic carbocycles. The second-order valence-electron chi connectivity index (χ2n) is 10.7. The number of aryl methyl sites for hydroxylation is 3. The third-order valence-corrected chi connectivity index (χ3v) is 7.19. The maximum absolute atomic E-state index is 13.1. The Morgan fingerprint density at radius 3 is 2.41 bits per heavy atom. The highest BCUT2D eigenvalue weighted by Crippen LogP contribution is 2.25. The number of pyridine rings is 1. The van der Waals surface area contributed by atoms with Crippen LogP contribution in [0.15, 0.2) is 54.9 Å². The van der Waals surface area contributed by atoms with Crippen molar-refractivity contribution in [3.05, 3.63) is 93.0 Å². The minimum atomic E-state index is -0.112. The van der Waals surface area contributed by atoms with Gasteiger partial charge in [0.1, 0.15) is 16.6 Å². The number of hydrogen-bond donors (Lipinski definition) is 0. The van der Waals surface area contributed by atoms with E-state index in [0.29, 0.717) is 19.3 Å². The topological polar surface area (TPSA) is 77.7 Å². The second kappa shape index (κ2) is 11.3. The van der Waals surface area contributed by atoms with Crippen LogP contribution in [0.5, 0.6) is 0 Å². The van der Waals surface area contributed by atoms with Crippen LogP contribution in [-0.2, 0) is 47.1 Å². The summed E-state index contributed by atoms with van der Waals surface area (Å²) in [6.45, 7) is 10.0. The number of thiazole rings is 1. The van der Waals surface area contributed by atoms with E-state index in [2.05, 4.69) is 55.9 Å². The number of aromatic nitrogens is 4. The van der Waals surface area contributed by atoms with Crippen molar-refractivity contribution in [2.45, 2.75) is 72.1 Å². The lowest BCUT2D eigenvalue weighted by Gasteiger charge is -2.14. The molecule has 0 spiro atoms. The van der Waals surface area contributed by atoms with E-state index in [1.807, 2.05) is 35.1 Å². The number of benzene rings is 1. The zero-order valence-corrected chi connectivity index (χ0v) is 23.1. The van der Waals surface area contributed by atoms with Gasteiger partial charge < -0.3 is 0 Å². The van der Waals surface area contributed by atoms with Gasteiger partial charge in [0.15, 0.2) is 0 Å². The van der Waals surface area contributed by atoms with Crippen LogP contribution in [0.3, 0.4) is 0 Å². The number of nitrogens with zero attached hydrogens (tertiary/aromatic N) is 4. The van der Waals surface area contributed by atoms with Crippen LogP contribution in [0.2, 0.25) is 0 Å². The minimum absolute atomic E-state index is 0.109. The third-order valence-electron chi connectivity index (χ3n) is 6.13. The maximum Gasteiger partial charge on any atom is 0.145 e. The van der Waals surface area contributed by atoms with Crippen LogP contribution in [0, 0.1) is 6.92 Å². The zero-order chi connectivity index (χ0) is 26.6. The Kier molecular flexibility index (Phi) is 8.13. The van der Waals surface area contributed by atoms with E-state index < -0.39 is 0 Å². The first-order valence-electron chi connectivity index (χ1n) is 12.6. The molecule has 0 saturated heterocycles. The fourth-order valence-electron chi connectivity index (χ4n) is 4.10. The van der Waals surface area contributed by atoms with Crippen LogP contribution < -0.4 is 0 Å². The highest BCUT2D eigenvalue weighted by Gasteiger charge is 2.22. The van der Waals surface area contributed by atoms with Crippen LogP contribution in [0.1, 0.15) is 65.8 Å². The van der Waals surface area contributed by atoms with E-state index in [1.54, 1.807) is 24.5 Å². The van der Waals surface area contributed by atoms with Gasteiger partial charge in [0.2, 0.25) is 0 Å². The molecule has 0 aliphatic rings. The summed E-state index contributed by atoms with van der Waals surface area (Å²) in [5.74, 6) is 0.232. The lowest BCUT2D eigenvalue weighted by molar-refractivity contribution is -0.118. The Labute approximate surface area is 222 Å². The van der Waals surface area contributed by atoms with Crippen LogP contribution in [-0.4, -0.2) is 31.3 Å². The van der Waals surface area contributed by atoms with Gasteiger partial charge in [-0.2, -0.15) is 5.10 Å². The lowest BCUT2D eigenvalue weighted by atomic mass is 9.92. The Morgan fingerprint density at radius 2 is 1.70 bits per heavy atom. The molecule has 0 saturated carbocycles. The molecular weight excluding hydrogens is 480 g/mol. The molecule has 4 aromatic rings. The Balaban J connectivity index is 1.41. The fourth-order valence-corrected chi connectivity index (χ4v) is 5.05. The summed E-state index contributed by atoms with van der Waals surface area (Å²) in [6, 6.07) is 14.2. The summed E-state index contributed by atoms with van der Waals surface area (Å²) >= 11 is 1.59. The van der Waals surface area contributed by atoms with Gasteiger partial charge in [0.25, 0.3) is 0 Å². The molecule has 37 heavy (non-hydrogen) atoms. The first-order chi connectivity index (χ1) is 17.6. The standard InChI is InChI=1S/C30H34N4O2S/c1-20-6-9-24(10-7-20)34-25(17-28(33-34)30(3,4)5)16-26(36)18-29-32-19-27(37-29)11-8-22-12-13-31-23(15-22)14-21(2)35/h6-7,9-10,12-13,15,17,19H,8,11,14,16,18H2,1-5H3. The third kappa shape index (κ3) is 7.29. The summed E-state index contributed by atoms with van der Waals surface area (Å²) in [6.07, 6.45) is 6.30. The van der Waals surface area contributed by atoms with Gasteiger partial charge in [0, 0.05) is 41.2 Å². The molecule has 0 atom stereocenters. The molecule has 1 aromatic carbocycles. The fraction of sp³-hybridized carbons (Fsp3) is 0.367. The van der Waals surface area contributed by atoms with E-state index >= 15 is 0 Å². The molecule has 192 valence electrons. The lowest BCUT2D eigenvalue weighted by Crippen LogP contribution is -2.13. The molecule has 3 aromatic heterocycles. The van der Waals surface area contributed by atoms with Crippen molar-refractivity contribution in [1.29, 1.82) is 0 Å². The van der Waals surface area contributed by atoms with Gasteiger partial charge in [-0.05, 0) is 62.6 Å². The van der Waals surface area contributed by atoms with Crippen LogP contribution in [0.4, 0.5) is 0 Å². The molecule has 4 rings (SSSR count). The van der Waals surface area contributed by atoms with Crippen molar-refractivity contribution in [2.75, 3.05) is 0 Å². The van der Waals surface area contributed by atoms with E-state index in [0.717, 1.165) is 51.1 Å². The van der Waals surface area contributed by atoms with Crippen molar-refractivity contribution < 1.29 is 9.59 Å². The molecule has 3 heterocycles. The molecule has 6 nitrogen and oxygen atoms in total. The zero-order valence-electron chi connectivity index (χ0n) is 22.2. The first-order valence-corrected chi connectivity index (χ1v) is 13.4. The van der Waals surface area contributed by atoms with Crippen molar-refractivity contribution in [2.24, 2.45) is 0 Å². The SMILES string of the molecule is CC(=O)Cc1cc(CCc2cnc(CC(=O)Cc3cc(C(C)(C)C)nn3-c3ccc(C)cc3)s2)ccn1. The molecule has 0 unspecified atom stereocenters. The number of carbonyl (C=O) groups excluding carboxylic acids is 2. The summed E-state index contributed by atoms with van der Waals surface area (Å²) < 4.78 is 1.90. The van der Waals surface area contributed by atoms with Gasteiger partial charge >= 0.3 is 0 Å². The van der Waals surface area contributed by atoms with Crippen molar-refractivity contribution >= 4 is 22.9 Å². The Bertz CT molecular complexity index is 1390. The molecule has 0 N–H and O–H groups in total. The Morgan fingerprint density at radius 1 is 0.946 bits per heavy atom. The van der Waals surface area contributed by atoms with Gasteiger partial charge in [-0.25, -0.2) is 9.67 Å². The summed E-state index contributed by atoms with van der Waals surface area (Å²) in [4.78, 5) is 34.4. The number of ketones is 2. The van der Waals surface area contributed by atoms with E-state index in [9.17, 15) is 9.59 Å². The largest absolute Gasteiger partial charge is 0.300 e. The van der Waals surface area contributed by atoms with Gasteiger partial charge in [-0.3, -0.25) is 14.6 Å². The van der Waals surface area contributed by atoms with Gasteiger partial charge in [-0.1, -0.05) is 38.5 Å². The summed E-state index contributed by atoms with van der Waals surface area (Å²) in [7, 11) is 0. The molecule has 7 heteroatoms. The first kappa shape index (κ1) is 26.6. The number of Topliss-reactive ketones (excluding diaryl/α,β-unsaturated/α-hetero) is 2. The normalized spacial score (nSPS) is 11.6. The molecule has 0 fully saturated rings. The number of hydrogen-bond acceptors (Lipinski definition) is 6. The smallest absolute Gasteiger partial charge is 0.145 e. The average molecular weight is 515 g/mol. The molecule has 0 aliphatic heterocycles.